The quantitative estimate of drug-likeness (QED) is 0.565. The molecule has 100 valence electrons. The largest absolute Gasteiger partial charge is 0.381 e. The van der Waals surface area contributed by atoms with Crippen molar-refractivity contribution in [3.63, 3.8) is 0 Å². The van der Waals surface area contributed by atoms with Crippen molar-refractivity contribution in [3.8, 4) is 0 Å². The molecule has 0 radical (unpaired) electrons. The lowest BCUT2D eigenvalue weighted by Gasteiger charge is -2.25. The molecule has 1 aliphatic rings. The Hall–Kier alpha value is -0.570. The van der Waals surface area contributed by atoms with Crippen LogP contribution in [0.25, 0.3) is 0 Å². The second kappa shape index (κ2) is 9.46. The minimum Gasteiger partial charge on any atom is -0.381 e. The second-order valence-corrected chi connectivity index (χ2v) is 5.24. The van der Waals surface area contributed by atoms with Crippen molar-refractivity contribution in [1.29, 1.82) is 0 Å². The van der Waals surface area contributed by atoms with Gasteiger partial charge in [-0.1, -0.05) is 44.9 Å². The molecule has 2 N–H and O–H groups in total. The Kier molecular flexibility index (Phi) is 8.06. The van der Waals surface area contributed by atoms with Crippen molar-refractivity contribution in [3.05, 3.63) is 0 Å². The summed E-state index contributed by atoms with van der Waals surface area (Å²) < 4.78 is 5.15. The molecule has 0 aliphatic carbocycles. The Labute approximate surface area is 105 Å². The Balaban J connectivity index is 1.68. The Morgan fingerprint density at radius 1 is 0.941 bits per heavy atom. The van der Waals surface area contributed by atoms with Crippen LogP contribution in [0.3, 0.4) is 0 Å². The summed E-state index contributed by atoms with van der Waals surface area (Å²) in [5.74, 6) is 0.703. The average Bonchev–Trinajstić information content (AvgIpc) is 2.23. The van der Waals surface area contributed by atoms with Gasteiger partial charge in [0.05, 0.1) is 13.2 Å². The summed E-state index contributed by atoms with van der Waals surface area (Å²) in [5, 5.41) is 0. The van der Waals surface area contributed by atoms with Crippen molar-refractivity contribution in [1.82, 2.24) is 0 Å². The number of rotatable bonds is 11. The Bertz CT molecular complexity index is 202. The second-order valence-electron chi connectivity index (χ2n) is 5.24. The van der Waals surface area contributed by atoms with Gasteiger partial charge in [-0.25, -0.2) is 0 Å². The standard InChI is InChI=1S/C14H27NO2/c15-14(16)10-8-6-4-2-1-3-5-7-9-13-11-17-12-13/h13H,1-12H2,(H2,15,16). The molecule has 17 heavy (non-hydrogen) atoms. The zero-order valence-corrected chi connectivity index (χ0v) is 11.0. The molecule has 0 bridgehead atoms. The van der Waals surface area contributed by atoms with Gasteiger partial charge in [0.2, 0.25) is 5.91 Å². The number of primary amides is 1. The fourth-order valence-corrected chi connectivity index (χ4v) is 2.24. The summed E-state index contributed by atoms with van der Waals surface area (Å²) in [6.45, 7) is 2.00. The van der Waals surface area contributed by atoms with E-state index in [1.54, 1.807) is 0 Å². The molecule has 1 aliphatic heterocycles. The zero-order chi connectivity index (χ0) is 12.3. The smallest absolute Gasteiger partial charge is 0.217 e. The number of hydrogen-bond donors (Lipinski definition) is 1. The lowest BCUT2D eigenvalue weighted by atomic mass is 9.99. The summed E-state index contributed by atoms with van der Waals surface area (Å²) in [5.41, 5.74) is 5.08. The summed E-state index contributed by atoms with van der Waals surface area (Å²) >= 11 is 0. The average molecular weight is 241 g/mol. The third-order valence-electron chi connectivity index (χ3n) is 3.49. The number of nitrogens with two attached hydrogens (primary N) is 1. The highest BCUT2D eigenvalue weighted by atomic mass is 16.5. The first-order valence-electron chi connectivity index (χ1n) is 7.15. The minimum absolute atomic E-state index is 0.162. The van der Waals surface area contributed by atoms with Gasteiger partial charge in [0.1, 0.15) is 0 Å². The van der Waals surface area contributed by atoms with E-state index in [0.29, 0.717) is 6.42 Å². The molecule has 0 aromatic rings. The summed E-state index contributed by atoms with van der Waals surface area (Å²) in [6.07, 6.45) is 12.1. The molecule has 0 spiro atoms. The van der Waals surface area contributed by atoms with E-state index in [9.17, 15) is 4.79 Å². The van der Waals surface area contributed by atoms with E-state index >= 15 is 0 Å². The fourth-order valence-electron chi connectivity index (χ4n) is 2.24. The third kappa shape index (κ3) is 8.19. The molecular formula is C14H27NO2. The van der Waals surface area contributed by atoms with Crippen LogP contribution in [-0.4, -0.2) is 19.1 Å². The third-order valence-corrected chi connectivity index (χ3v) is 3.49. The molecule has 1 fully saturated rings. The molecule has 3 nitrogen and oxygen atoms in total. The normalized spacial score (nSPS) is 15.8. The number of amides is 1. The molecule has 0 unspecified atom stereocenters. The van der Waals surface area contributed by atoms with Crippen LogP contribution in [0, 0.1) is 5.92 Å². The molecule has 0 aromatic carbocycles. The van der Waals surface area contributed by atoms with E-state index in [2.05, 4.69) is 0 Å². The van der Waals surface area contributed by atoms with E-state index in [-0.39, 0.29) is 5.91 Å². The van der Waals surface area contributed by atoms with Gasteiger partial charge in [-0.2, -0.15) is 0 Å². The number of unbranched alkanes of at least 4 members (excludes halogenated alkanes) is 7. The monoisotopic (exact) mass is 241 g/mol. The highest BCUT2D eigenvalue weighted by Gasteiger charge is 2.16. The van der Waals surface area contributed by atoms with Gasteiger partial charge in [-0.15, -0.1) is 0 Å². The van der Waals surface area contributed by atoms with Crippen LogP contribution in [0.5, 0.6) is 0 Å². The van der Waals surface area contributed by atoms with Gasteiger partial charge in [-0.3, -0.25) is 4.79 Å². The Morgan fingerprint density at radius 2 is 1.47 bits per heavy atom. The lowest BCUT2D eigenvalue weighted by molar-refractivity contribution is -0.118. The van der Waals surface area contributed by atoms with Gasteiger partial charge >= 0.3 is 0 Å². The van der Waals surface area contributed by atoms with Crippen molar-refractivity contribution < 1.29 is 9.53 Å². The van der Waals surface area contributed by atoms with Crippen molar-refractivity contribution in [2.75, 3.05) is 13.2 Å². The SMILES string of the molecule is NC(=O)CCCCCCCCCCC1COC1. The van der Waals surface area contributed by atoms with Crippen LogP contribution in [0.1, 0.15) is 64.2 Å². The number of carbonyl (C=O) groups excluding carboxylic acids is 1. The first-order valence-corrected chi connectivity index (χ1v) is 7.15. The minimum atomic E-state index is -0.162. The predicted octanol–water partition coefficient (Wildman–Crippen LogP) is 3.02. The van der Waals surface area contributed by atoms with Crippen LogP contribution >= 0.6 is 0 Å². The Morgan fingerprint density at radius 3 is 1.94 bits per heavy atom. The predicted molar refractivity (Wildman–Crippen MR) is 69.7 cm³/mol. The van der Waals surface area contributed by atoms with Gasteiger partial charge < -0.3 is 10.5 Å². The number of carbonyl (C=O) groups is 1. The molecule has 0 saturated carbocycles. The number of ether oxygens (including phenoxy) is 1. The molecule has 1 saturated heterocycles. The van der Waals surface area contributed by atoms with Gasteiger partial charge in [0.25, 0.3) is 0 Å². The summed E-state index contributed by atoms with van der Waals surface area (Å²) in [6, 6.07) is 0. The highest BCUT2D eigenvalue weighted by molar-refractivity contribution is 5.73. The summed E-state index contributed by atoms with van der Waals surface area (Å²) in [7, 11) is 0. The van der Waals surface area contributed by atoms with Crippen LogP contribution in [0.4, 0.5) is 0 Å². The first-order chi connectivity index (χ1) is 8.29. The molecule has 1 amide bonds. The van der Waals surface area contributed by atoms with Gasteiger partial charge in [0, 0.05) is 12.3 Å². The molecule has 0 atom stereocenters. The molecule has 3 heteroatoms. The maximum Gasteiger partial charge on any atom is 0.217 e. The molecule has 1 rings (SSSR count). The van der Waals surface area contributed by atoms with Crippen molar-refractivity contribution in [2.24, 2.45) is 11.7 Å². The van der Waals surface area contributed by atoms with Crippen molar-refractivity contribution in [2.45, 2.75) is 64.2 Å². The summed E-state index contributed by atoms with van der Waals surface area (Å²) in [4.78, 5) is 10.5. The maximum atomic E-state index is 10.5. The van der Waals surface area contributed by atoms with E-state index in [0.717, 1.165) is 32.0 Å². The highest BCUT2D eigenvalue weighted by Crippen LogP contribution is 2.18. The topological polar surface area (TPSA) is 52.3 Å². The van der Waals surface area contributed by atoms with E-state index in [4.69, 9.17) is 10.5 Å². The molecular weight excluding hydrogens is 214 g/mol. The first kappa shape index (κ1) is 14.5. The van der Waals surface area contributed by atoms with Gasteiger partial charge in [-0.05, 0) is 12.8 Å². The van der Waals surface area contributed by atoms with Crippen LogP contribution in [0.15, 0.2) is 0 Å². The zero-order valence-electron chi connectivity index (χ0n) is 11.0. The lowest BCUT2D eigenvalue weighted by Crippen LogP contribution is -2.27. The van der Waals surface area contributed by atoms with Crippen LogP contribution < -0.4 is 5.73 Å². The fraction of sp³-hybridized carbons (Fsp3) is 0.929. The van der Waals surface area contributed by atoms with Gasteiger partial charge in [0.15, 0.2) is 0 Å². The molecule has 0 aromatic heterocycles. The van der Waals surface area contributed by atoms with Crippen molar-refractivity contribution >= 4 is 5.91 Å². The van der Waals surface area contributed by atoms with E-state index in [1.165, 1.54) is 44.9 Å². The van der Waals surface area contributed by atoms with Crippen LogP contribution in [0.2, 0.25) is 0 Å². The van der Waals surface area contributed by atoms with E-state index in [1.807, 2.05) is 0 Å². The van der Waals surface area contributed by atoms with E-state index < -0.39 is 0 Å². The number of hydrogen-bond acceptors (Lipinski definition) is 2. The molecule has 1 heterocycles. The van der Waals surface area contributed by atoms with Crippen LogP contribution in [-0.2, 0) is 9.53 Å². The maximum absolute atomic E-state index is 10.5.